The average molecular weight is 1220 g/mol. The number of phenolic OH excluding ortho intramolecular Hbond substituents is 2. The number of hydrogen-bond acceptors (Lipinski definition) is 10. The maximum absolute atomic E-state index is 12.5. The number of nitrogens with one attached hydrogen (secondary N) is 1. The van der Waals surface area contributed by atoms with Crippen molar-refractivity contribution in [3.63, 3.8) is 0 Å². The molecule has 1 amide bonds. The van der Waals surface area contributed by atoms with Gasteiger partial charge in [-0.05, 0) is 150 Å². The van der Waals surface area contributed by atoms with E-state index >= 15 is 0 Å². The number of rotatable bonds is 8. The summed E-state index contributed by atoms with van der Waals surface area (Å²) in [5.74, 6) is -3.34. The van der Waals surface area contributed by atoms with Crippen LogP contribution in [0.2, 0.25) is 35.2 Å². The van der Waals surface area contributed by atoms with Crippen molar-refractivity contribution >= 4 is 152 Å². The zero-order chi connectivity index (χ0) is 55.6. The van der Waals surface area contributed by atoms with E-state index in [0.717, 1.165) is 22.3 Å². The van der Waals surface area contributed by atoms with E-state index in [4.69, 9.17) is 118 Å². The third-order valence-corrected chi connectivity index (χ3v) is 11.9. The van der Waals surface area contributed by atoms with Crippen molar-refractivity contribution in [2.24, 2.45) is 0 Å². The zero-order valence-electron chi connectivity index (χ0n) is 37.9. The monoisotopic (exact) mass is 1210 g/mol. The number of nitrogens with zero attached hydrogens (tertiary/aromatic N) is 2. The molecule has 7 aromatic carbocycles. The minimum atomic E-state index is -1.67. The van der Waals surface area contributed by atoms with Crippen LogP contribution in [0.4, 0.5) is 11.4 Å². The second-order valence-corrected chi connectivity index (χ2v) is 20.7. The summed E-state index contributed by atoms with van der Waals surface area (Å²) >= 11 is 46.5. The van der Waals surface area contributed by atoms with E-state index in [-0.39, 0.29) is 33.9 Å². The molecule has 0 aromatic heterocycles. The molecule has 7 rings (SSSR count). The molecule has 0 aliphatic rings. The van der Waals surface area contributed by atoms with Gasteiger partial charge in [0.1, 0.15) is 22.8 Å². The molecule has 0 bridgehead atoms. The number of carboxylic acid groups (broad SMARTS) is 1. The third-order valence-electron chi connectivity index (χ3n) is 9.83. The SMILES string of the molecule is Cc1cc(C(C#N)c2ccc(Cl)cc2)c(Cl)cc1N.Cc1cc(C(C#N)c2ccc(Cl)cc2)c(Cl)cc1NC(=O)c1cc(Cl)ccc1O.O=C(Cl)c1cc(Cl)ccc1O.O=C(O)c1cc(Cl)ccc1O.O=S(Cl)Cl. The number of aryl methyl sites for hydroxylation is 2. The lowest BCUT2D eigenvalue weighted by Gasteiger charge is -2.16. The van der Waals surface area contributed by atoms with Crippen molar-refractivity contribution in [2.75, 3.05) is 11.1 Å². The van der Waals surface area contributed by atoms with Crippen molar-refractivity contribution in [1.29, 1.82) is 10.5 Å². The molecular weight excluding hydrogens is 1180 g/mol. The summed E-state index contributed by atoms with van der Waals surface area (Å²) in [4.78, 5) is 33.5. The number of carbonyl (C=O) groups is 3. The Kier molecular flexibility index (Phi) is 25.5. The van der Waals surface area contributed by atoms with Crippen LogP contribution in [-0.4, -0.2) is 41.8 Å². The van der Waals surface area contributed by atoms with Gasteiger partial charge < -0.3 is 31.5 Å². The molecule has 384 valence electrons. The summed E-state index contributed by atoms with van der Waals surface area (Å²) in [7, 11) is 7.36. The average Bonchev–Trinajstić information content (AvgIpc) is 3.33. The van der Waals surface area contributed by atoms with Gasteiger partial charge in [-0.1, -0.05) is 118 Å². The molecular formula is C51H36Cl10N4O8S. The minimum Gasteiger partial charge on any atom is -0.507 e. The molecule has 23 heteroatoms. The van der Waals surface area contributed by atoms with E-state index in [1.807, 2.05) is 25.1 Å². The first-order chi connectivity index (χ1) is 34.8. The number of benzene rings is 7. The van der Waals surface area contributed by atoms with Crippen molar-refractivity contribution in [3.05, 3.63) is 213 Å². The summed E-state index contributed by atoms with van der Waals surface area (Å²) in [5, 5.41) is 60.5. The highest BCUT2D eigenvalue weighted by Gasteiger charge is 2.21. The lowest BCUT2D eigenvalue weighted by atomic mass is 9.91. The second kappa shape index (κ2) is 30.1. The van der Waals surface area contributed by atoms with Gasteiger partial charge in [0, 0.05) is 67.9 Å². The maximum atomic E-state index is 12.5. The van der Waals surface area contributed by atoms with Gasteiger partial charge in [-0.25, -0.2) is 9.00 Å². The predicted octanol–water partition coefficient (Wildman–Crippen LogP) is 16.3. The maximum Gasteiger partial charge on any atom is 0.339 e. The highest BCUT2D eigenvalue weighted by molar-refractivity contribution is 8.26. The number of aromatic hydroxyl groups is 3. The number of carbonyl (C=O) groups excluding carboxylic acids is 2. The number of nitriles is 2. The van der Waals surface area contributed by atoms with Crippen LogP contribution >= 0.6 is 114 Å². The first-order valence-electron chi connectivity index (χ1n) is 20.4. The van der Waals surface area contributed by atoms with Gasteiger partial charge in [-0.15, -0.1) is 0 Å². The number of halogens is 10. The van der Waals surface area contributed by atoms with Crippen LogP contribution in [0.15, 0.2) is 127 Å². The third kappa shape index (κ3) is 19.3. The molecule has 2 unspecified atom stereocenters. The fourth-order valence-electron chi connectivity index (χ4n) is 6.18. The van der Waals surface area contributed by atoms with Crippen LogP contribution < -0.4 is 11.1 Å². The van der Waals surface area contributed by atoms with Gasteiger partial charge in [0.2, 0.25) is 9.23 Å². The Bertz CT molecular complexity index is 3200. The van der Waals surface area contributed by atoms with Crippen molar-refractivity contribution in [2.45, 2.75) is 25.7 Å². The van der Waals surface area contributed by atoms with E-state index < -0.39 is 38.2 Å². The van der Waals surface area contributed by atoms with Crippen LogP contribution in [-0.2, 0) is 9.23 Å². The van der Waals surface area contributed by atoms with E-state index in [1.165, 1.54) is 54.6 Å². The molecule has 7 N–H and O–H groups in total. The molecule has 74 heavy (non-hydrogen) atoms. The largest absolute Gasteiger partial charge is 0.507 e. The Morgan fingerprint density at radius 1 is 0.554 bits per heavy atom. The first kappa shape index (κ1) is 62.7. The van der Waals surface area contributed by atoms with Gasteiger partial charge in [-0.2, -0.15) is 10.5 Å². The van der Waals surface area contributed by atoms with Crippen LogP contribution in [0.1, 0.15) is 76.3 Å². The molecule has 2 atom stereocenters. The molecule has 0 radical (unpaired) electrons. The minimum absolute atomic E-state index is 0.0270. The van der Waals surface area contributed by atoms with Crippen LogP contribution in [0, 0.1) is 36.5 Å². The standard InChI is InChI=1S/C22H15Cl3N2O2.C15H12Cl2N2.C7H4Cl2O2.C7H5ClO3.Cl2OS/c1-12-8-16(18(11-26)13-2-4-14(23)5-3-13)19(25)10-20(12)27-22(29)17-9-15(24)6-7-21(17)28;1-9-6-12(14(17)7-15(9)19)13(8-18)10-2-4-11(16)5-3-10;8-4-1-2-6(10)5(3-4)7(9)11;8-4-1-2-6(9)5(3-4)7(10)11;1-4(2)3/h2-10,18,28H,1H3,(H,27,29);2-7,13H,19H2,1H3;1-3,10H;1-3,9H,(H,10,11);. The molecule has 0 aliphatic carbocycles. The van der Waals surface area contributed by atoms with E-state index in [1.54, 1.807) is 61.5 Å². The van der Waals surface area contributed by atoms with Gasteiger partial charge >= 0.3 is 5.97 Å². The Balaban J connectivity index is 0.000000274. The zero-order valence-corrected chi connectivity index (χ0v) is 46.2. The van der Waals surface area contributed by atoms with Crippen molar-refractivity contribution in [3.8, 4) is 29.4 Å². The van der Waals surface area contributed by atoms with Crippen LogP contribution in [0.25, 0.3) is 0 Å². The summed E-state index contributed by atoms with van der Waals surface area (Å²) in [6, 6.07) is 37.8. The topological polar surface area (TPSA) is 235 Å². The second-order valence-electron chi connectivity index (χ2n) is 14.8. The number of anilines is 2. The molecule has 0 fully saturated rings. The number of aromatic carboxylic acids is 1. The van der Waals surface area contributed by atoms with Gasteiger partial charge in [0.15, 0.2) is 0 Å². The summed E-state index contributed by atoms with van der Waals surface area (Å²) in [6.07, 6.45) is 0. The highest BCUT2D eigenvalue weighted by atomic mass is 36.0. The van der Waals surface area contributed by atoms with Crippen LogP contribution in [0.5, 0.6) is 17.2 Å². The number of nitrogens with two attached hydrogens (primary N) is 1. The lowest BCUT2D eigenvalue weighted by Crippen LogP contribution is -2.13. The normalized spacial score (nSPS) is 10.9. The number of carboxylic acids is 1. The Morgan fingerprint density at radius 3 is 1.28 bits per heavy atom. The first-order valence-corrected chi connectivity index (χ1v) is 26.2. The molecule has 7 aromatic rings. The summed E-state index contributed by atoms with van der Waals surface area (Å²) in [5.41, 5.74) is 11.4. The Hall–Kier alpha value is -5.62. The van der Waals surface area contributed by atoms with Gasteiger partial charge in [-0.3, -0.25) is 9.59 Å². The fraction of sp³-hybridized carbons (Fsp3) is 0.0784. The predicted molar refractivity (Wildman–Crippen MR) is 299 cm³/mol. The van der Waals surface area contributed by atoms with Crippen molar-refractivity contribution in [1.82, 2.24) is 0 Å². The van der Waals surface area contributed by atoms with Gasteiger partial charge in [0.05, 0.1) is 35.1 Å². The molecule has 0 saturated carbocycles. The highest BCUT2D eigenvalue weighted by Crippen LogP contribution is 2.36. The van der Waals surface area contributed by atoms with Crippen LogP contribution in [0.3, 0.4) is 0 Å². The molecule has 0 heterocycles. The van der Waals surface area contributed by atoms with E-state index in [2.05, 4.69) is 38.8 Å². The molecule has 0 aliphatic heterocycles. The fourth-order valence-corrected chi connectivity index (χ4v) is 7.66. The quantitative estimate of drug-likeness (QED) is 0.0618. The number of phenols is 3. The summed E-state index contributed by atoms with van der Waals surface area (Å²) < 4.78 is 9.09. The van der Waals surface area contributed by atoms with E-state index in [9.17, 15) is 30.0 Å². The number of amides is 1. The number of nitrogen functional groups attached to an aromatic ring is 1. The number of hydrogen-bond donors (Lipinski definition) is 6. The van der Waals surface area contributed by atoms with E-state index in [0.29, 0.717) is 57.7 Å². The Morgan fingerprint density at radius 2 is 0.905 bits per heavy atom. The van der Waals surface area contributed by atoms with Gasteiger partial charge in [0.25, 0.3) is 11.1 Å². The Labute approximate surface area is 476 Å². The molecule has 12 nitrogen and oxygen atoms in total. The molecule has 0 spiro atoms. The summed E-state index contributed by atoms with van der Waals surface area (Å²) in [6.45, 7) is 3.69. The van der Waals surface area contributed by atoms with Crippen molar-refractivity contribution < 1.29 is 39.0 Å². The lowest BCUT2D eigenvalue weighted by molar-refractivity contribution is 0.0693. The smallest absolute Gasteiger partial charge is 0.339 e. The molecule has 0 saturated heterocycles.